The number of aromatic nitrogens is 2. The number of unbranched alkanes of at least 4 members (excludes halogenated alkanes) is 1. The first-order valence-corrected chi connectivity index (χ1v) is 12.2. The molecule has 3 aromatic rings. The van der Waals surface area contributed by atoms with Gasteiger partial charge in [-0.2, -0.15) is 9.78 Å². The van der Waals surface area contributed by atoms with Crippen molar-refractivity contribution in [3.8, 4) is 5.75 Å². The molecule has 1 N–H and O–H groups in total. The number of aryl methyl sites for hydroxylation is 1. The molecule has 1 atom stereocenters. The molecule has 2 aromatic carbocycles. The zero-order chi connectivity index (χ0) is 23.4. The van der Waals surface area contributed by atoms with Crippen molar-refractivity contribution in [1.29, 1.82) is 0 Å². The van der Waals surface area contributed by atoms with Crippen LogP contribution in [0.15, 0.2) is 53.6 Å². The Hall–Kier alpha value is -2.04. The molecule has 1 aromatic heterocycles. The van der Waals surface area contributed by atoms with Crippen molar-refractivity contribution in [2.24, 2.45) is 5.10 Å². The zero-order valence-electron chi connectivity index (χ0n) is 17.3. The van der Waals surface area contributed by atoms with Gasteiger partial charge in [0.1, 0.15) is 11.6 Å². The van der Waals surface area contributed by atoms with Crippen molar-refractivity contribution < 1.29 is 14.6 Å². The molecule has 32 heavy (non-hydrogen) atoms. The highest BCUT2D eigenvalue weighted by Crippen LogP contribution is 2.35. The summed E-state index contributed by atoms with van der Waals surface area (Å²) >= 11 is 10.2. The van der Waals surface area contributed by atoms with E-state index in [0.29, 0.717) is 43.4 Å². The number of carbonyl (C=O) groups is 1. The van der Waals surface area contributed by atoms with E-state index in [1.54, 1.807) is 24.4 Å². The number of halogens is 3. The molecule has 0 radical (unpaired) electrons. The van der Waals surface area contributed by atoms with Crippen LogP contribution in [0.25, 0.3) is 10.9 Å². The normalized spacial score (nSPS) is 12.4. The maximum absolute atomic E-state index is 13.2. The summed E-state index contributed by atoms with van der Waals surface area (Å²) in [5, 5.41) is 14.0. The second-order valence-corrected chi connectivity index (χ2v) is 9.69. The third-order valence-corrected chi connectivity index (χ3v) is 6.29. The number of carboxylic acid groups (broad SMARTS) is 1. The van der Waals surface area contributed by atoms with E-state index in [2.05, 4.69) is 64.8 Å². The second-order valence-electron chi connectivity index (χ2n) is 7.07. The molecule has 0 aliphatic heterocycles. The molecule has 0 aliphatic rings. The Kier molecular flexibility index (Phi) is 8.24. The third kappa shape index (κ3) is 5.65. The Morgan fingerprint density at radius 3 is 2.56 bits per heavy atom. The molecule has 0 fully saturated rings. The van der Waals surface area contributed by atoms with E-state index in [-0.39, 0.29) is 5.56 Å². The van der Waals surface area contributed by atoms with Gasteiger partial charge in [-0.15, -0.1) is 0 Å². The first kappa shape index (κ1) is 24.6. The number of benzene rings is 2. The van der Waals surface area contributed by atoms with Crippen molar-refractivity contribution in [3.05, 3.63) is 65.5 Å². The summed E-state index contributed by atoms with van der Waals surface area (Å²) in [5.41, 5.74) is 1.07. The predicted octanol–water partition coefficient (Wildman–Crippen LogP) is 5.76. The highest BCUT2D eigenvalue weighted by atomic mass is 79.9. The molecule has 10 heteroatoms. The first-order valence-electron chi connectivity index (χ1n) is 9.85. The molecule has 0 aliphatic carbocycles. The van der Waals surface area contributed by atoms with E-state index in [4.69, 9.17) is 9.84 Å². The van der Waals surface area contributed by atoms with Gasteiger partial charge in [0, 0.05) is 10.9 Å². The van der Waals surface area contributed by atoms with Crippen molar-refractivity contribution in [2.45, 2.75) is 39.2 Å². The summed E-state index contributed by atoms with van der Waals surface area (Å²) in [6, 6.07) is 8.88. The maximum atomic E-state index is 13.2. The average Bonchev–Trinajstić information content (AvgIpc) is 2.74. The monoisotopic (exact) mass is 627 g/mol. The number of hydrogen-bond acceptors (Lipinski definition) is 5. The molecular weight excluding hydrogens is 610 g/mol. The molecule has 1 heterocycles. The number of fused-ring (bicyclic) bond motifs is 1. The second kappa shape index (κ2) is 10.7. The van der Waals surface area contributed by atoms with Crippen LogP contribution in [0.5, 0.6) is 5.75 Å². The third-order valence-electron chi connectivity index (χ3n) is 4.61. The Balaban J connectivity index is 2.03. The van der Waals surface area contributed by atoms with Crippen LogP contribution in [-0.2, 0) is 11.2 Å². The van der Waals surface area contributed by atoms with E-state index >= 15 is 0 Å². The molecule has 168 valence electrons. The Bertz CT molecular complexity index is 1230. The lowest BCUT2D eigenvalue weighted by Gasteiger charge is -2.14. The summed E-state index contributed by atoms with van der Waals surface area (Å²) < 4.78 is 8.73. The van der Waals surface area contributed by atoms with Crippen LogP contribution in [-0.4, -0.2) is 33.1 Å². The van der Waals surface area contributed by atoms with Crippen molar-refractivity contribution in [2.75, 3.05) is 0 Å². The zero-order valence-corrected chi connectivity index (χ0v) is 22.1. The number of aliphatic carboxylic acids is 1. The topological polar surface area (TPSA) is 93.8 Å². The summed E-state index contributed by atoms with van der Waals surface area (Å²) in [4.78, 5) is 28.9. The average molecular weight is 630 g/mol. The van der Waals surface area contributed by atoms with Gasteiger partial charge in [-0.3, -0.25) is 4.79 Å². The molecule has 0 amide bonds. The van der Waals surface area contributed by atoms with Crippen molar-refractivity contribution in [3.63, 3.8) is 0 Å². The summed E-state index contributed by atoms with van der Waals surface area (Å²) in [6.07, 6.45) is 3.03. The molecule has 7 nitrogen and oxygen atoms in total. The molecule has 3 rings (SSSR count). The Morgan fingerprint density at radius 1 is 1.25 bits per heavy atom. The fourth-order valence-electron chi connectivity index (χ4n) is 2.93. The van der Waals surface area contributed by atoms with Gasteiger partial charge in [0.05, 0.1) is 26.1 Å². The van der Waals surface area contributed by atoms with Crippen LogP contribution in [0.2, 0.25) is 0 Å². The van der Waals surface area contributed by atoms with Crippen LogP contribution in [0.4, 0.5) is 0 Å². The van der Waals surface area contributed by atoms with Gasteiger partial charge >= 0.3 is 5.97 Å². The van der Waals surface area contributed by atoms with Gasteiger partial charge < -0.3 is 9.84 Å². The summed E-state index contributed by atoms with van der Waals surface area (Å²) in [6.45, 7) is 3.53. The number of hydrogen-bond donors (Lipinski definition) is 1. The Labute approximate surface area is 209 Å². The minimum Gasteiger partial charge on any atom is -0.479 e. The first-order chi connectivity index (χ1) is 15.2. The van der Waals surface area contributed by atoms with Gasteiger partial charge in [-0.25, -0.2) is 9.78 Å². The van der Waals surface area contributed by atoms with Gasteiger partial charge in [-0.1, -0.05) is 29.3 Å². The number of rotatable bonds is 8. The summed E-state index contributed by atoms with van der Waals surface area (Å²) in [5.74, 6) is -0.102. The molecule has 0 saturated heterocycles. The van der Waals surface area contributed by atoms with E-state index in [0.717, 1.165) is 17.3 Å². The van der Waals surface area contributed by atoms with Gasteiger partial charge in [0.2, 0.25) is 0 Å². The minimum atomic E-state index is -1.07. The fraction of sp³-hybridized carbons (Fsp3) is 0.273. The summed E-state index contributed by atoms with van der Waals surface area (Å²) in [7, 11) is 0. The molecule has 0 spiro atoms. The quantitative estimate of drug-likeness (QED) is 0.320. The molecule has 0 bridgehead atoms. The standard InChI is InChI=1S/C22H20Br3N3O4/c1-3-4-5-19-27-18-7-6-14(23)10-15(18)21(29)28(19)26-11-13-8-16(24)20(17(25)9-13)32-12(2)22(30)31/h6-12H,3-5H2,1-2H3,(H,30,31)/t12-/m1/s1. The van der Waals surface area contributed by atoms with Crippen molar-refractivity contribution in [1.82, 2.24) is 9.66 Å². The molecule has 0 unspecified atom stereocenters. The molecule has 0 saturated carbocycles. The lowest BCUT2D eigenvalue weighted by molar-refractivity contribution is -0.144. The van der Waals surface area contributed by atoms with Gasteiger partial charge in [0.15, 0.2) is 6.10 Å². The van der Waals surface area contributed by atoms with Crippen LogP contribution in [0.3, 0.4) is 0 Å². The van der Waals surface area contributed by atoms with Crippen LogP contribution in [0.1, 0.15) is 38.1 Å². The van der Waals surface area contributed by atoms with Crippen LogP contribution in [0, 0.1) is 0 Å². The number of ether oxygens (including phenoxy) is 1. The fourth-order valence-corrected chi connectivity index (χ4v) is 4.70. The predicted molar refractivity (Wildman–Crippen MR) is 135 cm³/mol. The van der Waals surface area contributed by atoms with Crippen molar-refractivity contribution >= 4 is 70.9 Å². The lowest BCUT2D eigenvalue weighted by Crippen LogP contribution is -2.23. The minimum absolute atomic E-state index is 0.243. The maximum Gasteiger partial charge on any atom is 0.344 e. The van der Waals surface area contributed by atoms with E-state index in [1.165, 1.54) is 11.6 Å². The largest absolute Gasteiger partial charge is 0.479 e. The van der Waals surface area contributed by atoms with E-state index in [9.17, 15) is 9.59 Å². The highest BCUT2D eigenvalue weighted by molar-refractivity contribution is 9.11. The smallest absolute Gasteiger partial charge is 0.344 e. The number of carboxylic acids is 1. The highest BCUT2D eigenvalue weighted by Gasteiger charge is 2.17. The van der Waals surface area contributed by atoms with Gasteiger partial charge in [-0.05, 0) is 81.1 Å². The number of nitrogens with zero attached hydrogens (tertiary/aromatic N) is 3. The van der Waals surface area contributed by atoms with Gasteiger partial charge in [0.25, 0.3) is 5.56 Å². The Morgan fingerprint density at radius 2 is 1.94 bits per heavy atom. The van der Waals surface area contributed by atoms with E-state index in [1.807, 2.05) is 12.1 Å². The van der Waals surface area contributed by atoms with E-state index < -0.39 is 12.1 Å². The SMILES string of the molecule is CCCCc1nc2ccc(Br)cc2c(=O)n1N=Cc1cc(Br)c(O[C@H](C)C(=O)O)c(Br)c1. The van der Waals surface area contributed by atoms with Crippen LogP contribution < -0.4 is 10.3 Å². The molecular formula is C22H20Br3N3O4. The van der Waals surface area contributed by atoms with Crippen LogP contribution >= 0.6 is 47.8 Å². The lowest BCUT2D eigenvalue weighted by atomic mass is 10.2.